The van der Waals surface area contributed by atoms with Crippen LogP contribution in [0.1, 0.15) is 25.1 Å². The smallest absolute Gasteiger partial charge is 0.154 e. The van der Waals surface area contributed by atoms with Crippen molar-refractivity contribution in [2.45, 2.75) is 25.7 Å². The zero-order valence-corrected chi connectivity index (χ0v) is 14.8. The van der Waals surface area contributed by atoms with Crippen LogP contribution in [-0.2, 0) is 11.2 Å². The van der Waals surface area contributed by atoms with Gasteiger partial charge < -0.3 is 0 Å². The van der Waals surface area contributed by atoms with Gasteiger partial charge in [-0.1, -0.05) is 18.6 Å². The fourth-order valence-electron chi connectivity index (χ4n) is 3.26. The molecule has 0 unspecified atom stereocenters. The van der Waals surface area contributed by atoms with Gasteiger partial charge in [-0.2, -0.15) is 0 Å². The summed E-state index contributed by atoms with van der Waals surface area (Å²) in [6.45, 7) is 2.58. The number of nitrogens with zero attached hydrogens (tertiary/aromatic N) is 4. The number of fused-ring (bicyclic) bond motifs is 1. The molecule has 6 heteroatoms. The van der Waals surface area contributed by atoms with Gasteiger partial charge in [-0.3, -0.25) is 14.7 Å². The standard InChI is InChI=1S/C19H20N4OS/c24-16(12-23-6-2-1-3-7-23)9-19-21-10-15-5-4-14(8-17(15)22-19)18-11-20-13-25-18/h4-5,8,10-11,13H,1-3,6-7,9,12H2. The molecule has 4 rings (SSSR count). The van der Waals surface area contributed by atoms with Crippen molar-refractivity contribution in [1.82, 2.24) is 19.9 Å². The monoisotopic (exact) mass is 352 g/mol. The number of hydrogen-bond donors (Lipinski definition) is 0. The Hall–Kier alpha value is -2.18. The van der Waals surface area contributed by atoms with Gasteiger partial charge in [0.05, 0.1) is 28.9 Å². The predicted molar refractivity (Wildman–Crippen MR) is 99.6 cm³/mol. The summed E-state index contributed by atoms with van der Waals surface area (Å²) < 4.78 is 0. The number of carbonyl (C=O) groups excluding carboxylic acids is 1. The van der Waals surface area contributed by atoms with E-state index in [1.54, 1.807) is 11.3 Å². The number of Topliss-reactive ketones (excluding diaryl/α,β-unsaturated/α-hetero) is 1. The third-order valence-corrected chi connectivity index (χ3v) is 5.38. The number of carbonyl (C=O) groups is 1. The van der Waals surface area contributed by atoms with Gasteiger partial charge in [0.2, 0.25) is 0 Å². The van der Waals surface area contributed by atoms with Gasteiger partial charge in [0.15, 0.2) is 5.78 Å². The topological polar surface area (TPSA) is 59.0 Å². The van der Waals surface area contributed by atoms with Crippen LogP contribution in [0.15, 0.2) is 36.1 Å². The quantitative estimate of drug-likeness (QED) is 0.705. The Bertz CT molecular complexity index is 872. The van der Waals surface area contributed by atoms with Gasteiger partial charge in [-0.15, -0.1) is 11.3 Å². The highest BCUT2D eigenvalue weighted by molar-refractivity contribution is 7.13. The van der Waals surface area contributed by atoms with Gasteiger partial charge in [0, 0.05) is 17.8 Å². The molecule has 0 aliphatic carbocycles. The van der Waals surface area contributed by atoms with Crippen LogP contribution in [0.2, 0.25) is 0 Å². The first-order valence-electron chi connectivity index (χ1n) is 8.66. The van der Waals surface area contributed by atoms with Crippen molar-refractivity contribution in [3.05, 3.63) is 41.9 Å². The average Bonchev–Trinajstić information content (AvgIpc) is 3.16. The minimum Gasteiger partial charge on any atom is -0.298 e. The summed E-state index contributed by atoms with van der Waals surface area (Å²) in [5, 5.41) is 0.987. The summed E-state index contributed by atoms with van der Waals surface area (Å²) >= 11 is 1.60. The fraction of sp³-hybridized carbons (Fsp3) is 0.368. The van der Waals surface area contributed by atoms with E-state index in [1.807, 2.05) is 30.0 Å². The van der Waals surface area contributed by atoms with Gasteiger partial charge in [0.25, 0.3) is 0 Å². The molecule has 5 nitrogen and oxygen atoms in total. The first kappa shape index (κ1) is 16.3. The molecule has 0 N–H and O–H groups in total. The highest BCUT2D eigenvalue weighted by Gasteiger charge is 2.15. The molecule has 1 saturated heterocycles. The SMILES string of the molecule is O=C(Cc1ncc2ccc(-c3cncs3)cc2n1)CN1CCCCC1. The fourth-order valence-corrected chi connectivity index (χ4v) is 3.88. The lowest BCUT2D eigenvalue weighted by molar-refractivity contribution is -0.119. The Morgan fingerprint density at radius 2 is 2.04 bits per heavy atom. The number of likely N-dealkylation sites (tertiary alicyclic amines) is 1. The Kier molecular flexibility index (Phi) is 4.81. The minimum absolute atomic E-state index is 0.194. The Labute approximate surface area is 150 Å². The van der Waals surface area contributed by atoms with Crippen LogP contribution in [0.25, 0.3) is 21.3 Å². The van der Waals surface area contributed by atoms with Crippen molar-refractivity contribution in [3.63, 3.8) is 0 Å². The van der Waals surface area contributed by atoms with Gasteiger partial charge in [0.1, 0.15) is 5.82 Å². The van der Waals surface area contributed by atoms with Crippen LogP contribution >= 0.6 is 11.3 Å². The first-order valence-corrected chi connectivity index (χ1v) is 9.54. The maximum atomic E-state index is 12.3. The van der Waals surface area contributed by atoms with E-state index < -0.39 is 0 Å². The second-order valence-electron chi connectivity index (χ2n) is 6.48. The second kappa shape index (κ2) is 7.37. The van der Waals surface area contributed by atoms with Crippen molar-refractivity contribution in [3.8, 4) is 10.4 Å². The van der Waals surface area contributed by atoms with Crippen LogP contribution in [0.3, 0.4) is 0 Å². The molecule has 0 atom stereocenters. The lowest BCUT2D eigenvalue weighted by Gasteiger charge is -2.25. The third kappa shape index (κ3) is 3.91. The number of thiazole rings is 1. The van der Waals surface area contributed by atoms with E-state index in [0.29, 0.717) is 18.8 Å². The molecule has 0 spiro atoms. The molecule has 1 aromatic carbocycles. The lowest BCUT2D eigenvalue weighted by Crippen LogP contribution is -2.35. The molecule has 0 amide bonds. The number of aromatic nitrogens is 3. The first-order chi connectivity index (χ1) is 12.3. The molecule has 3 heterocycles. The van der Waals surface area contributed by atoms with E-state index >= 15 is 0 Å². The molecular weight excluding hydrogens is 332 g/mol. The Morgan fingerprint density at radius 1 is 1.16 bits per heavy atom. The Balaban J connectivity index is 1.50. The summed E-state index contributed by atoms with van der Waals surface area (Å²) in [4.78, 5) is 28.8. The predicted octanol–water partition coefficient (Wildman–Crippen LogP) is 3.35. The van der Waals surface area contributed by atoms with E-state index in [2.05, 4.69) is 25.9 Å². The van der Waals surface area contributed by atoms with Gasteiger partial charge >= 0.3 is 0 Å². The summed E-state index contributed by atoms with van der Waals surface area (Å²) in [6.07, 6.45) is 7.64. The molecule has 1 fully saturated rings. The minimum atomic E-state index is 0.194. The molecule has 2 aromatic heterocycles. The van der Waals surface area contributed by atoms with E-state index in [0.717, 1.165) is 34.4 Å². The molecule has 3 aromatic rings. The zero-order chi connectivity index (χ0) is 17.1. The van der Waals surface area contributed by atoms with Crippen LogP contribution in [0.5, 0.6) is 0 Å². The maximum Gasteiger partial charge on any atom is 0.154 e. The summed E-state index contributed by atoms with van der Waals surface area (Å²) in [5.41, 5.74) is 3.80. The van der Waals surface area contributed by atoms with Gasteiger partial charge in [-0.25, -0.2) is 9.97 Å². The average molecular weight is 352 g/mol. The van der Waals surface area contributed by atoms with E-state index in [-0.39, 0.29) is 5.78 Å². The largest absolute Gasteiger partial charge is 0.298 e. The molecule has 1 aliphatic heterocycles. The number of benzene rings is 1. The van der Waals surface area contributed by atoms with Crippen molar-refractivity contribution >= 4 is 28.0 Å². The van der Waals surface area contributed by atoms with Crippen molar-refractivity contribution in [1.29, 1.82) is 0 Å². The van der Waals surface area contributed by atoms with E-state index in [9.17, 15) is 4.79 Å². The summed E-state index contributed by atoms with van der Waals surface area (Å²) in [5.74, 6) is 0.802. The molecule has 25 heavy (non-hydrogen) atoms. The molecule has 0 saturated carbocycles. The lowest BCUT2D eigenvalue weighted by atomic mass is 10.1. The maximum absolute atomic E-state index is 12.3. The number of ketones is 1. The summed E-state index contributed by atoms with van der Waals surface area (Å²) in [6, 6.07) is 6.12. The molecule has 0 radical (unpaired) electrons. The third-order valence-electron chi connectivity index (χ3n) is 4.55. The van der Waals surface area contributed by atoms with Crippen LogP contribution in [0.4, 0.5) is 0 Å². The van der Waals surface area contributed by atoms with Crippen LogP contribution in [0, 0.1) is 0 Å². The highest BCUT2D eigenvalue weighted by Crippen LogP contribution is 2.26. The Morgan fingerprint density at radius 3 is 2.84 bits per heavy atom. The number of piperidine rings is 1. The summed E-state index contributed by atoms with van der Waals surface area (Å²) in [7, 11) is 0. The molecule has 0 bridgehead atoms. The van der Waals surface area contributed by atoms with Crippen molar-refractivity contribution < 1.29 is 4.79 Å². The molecular formula is C19H20N4OS. The number of rotatable bonds is 5. The van der Waals surface area contributed by atoms with Crippen LogP contribution in [-0.4, -0.2) is 45.3 Å². The second-order valence-corrected chi connectivity index (χ2v) is 7.36. The molecule has 1 aliphatic rings. The van der Waals surface area contributed by atoms with Crippen molar-refractivity contribution in [2.75, 3.05) is 19.6 Å². The number of hydrogen-bond acceptors (Lipinski definition) is 6. The highest BCUT2D eigenvalue weighted by atomic mass is 32.1. The van der Waals surface area contributed by atoms with E-state index in [1.165, 1.54) is 19.3 Å². The molecule has 128 valence electrons. The van der Waals surface area contributed by atoms with Crippen molar-refractivity contribution in [2.24, 2.45) is 0 Å². The normalized spacial score (nSPS) is 15.5. The van der Waals surface area contributed by atoms with E-state index in [4.69, 9.17) is 0 Å². The van der Waals surface area contributed by atoms with Crippen LogP contribution < -0.4 is 0 Å². The van der Waals surface area contributed by atoms with Gasteiger partial charge in [-0.05, 0) is 37.6 Å². The zero-order valence-electron chi connectivity index (χ0n) is 14.0.